The van der Waals surface area contributed by atoms with Gasteiger partial charge in [-0.2, -0.15) is 0 Å². The minimum atomic E-state index is 0.349. The number of likely N-dealkylation sites (tertiary alicyclic amines) is 2. The van der Waals surface area contributed by atoms with Gasteiger partial charge >= 0.3 is 0 Å². The van der Waals surface area contributed by atoms with E-state index in [1.807, 2.05) is 6.07 Å². The summed E-state index contributed by atoms with van der Waals surface area (Å²) in [5.74, 6) is 3.22. The van der Waals surface area contributed by atoms with Gasteiger partial charge in [-0.05, 0) is 49.5 Å². The van der Waals surface area contributed by atoms with Crippen molar-refractivity contribution in [1.29, 1.82) is 0 Å². The Kier molecular flexibility index (Phi) is 3.88. The summed E-state index contributed by atoms with van der Waals surface area (Å²) < 4.78 is 16.9. The average molecular weight is 330 g/mol. The van der Waals surface area contributed by atoms with Crippen LogP contribution in [-0.4, -0.2) is 62.0 Å². The molecular formula is C19H26N2O3. The maximum Gasteiger partial charge on any atom is 0.231 e. The molecule has 3 atom stereocenters. The van der Waals surface area contributed by atoms with Crippen LogP contribution in [0.2, 0.25) is 0 Å². The van der Waals surface area contributed by atoms with Gasteiger partial charge in [0.05, 0.1) is 13.2 Å². The molecule has 0 unspecified atom stereocenters. The van der Waals surface area contributed by atoms with Crippen LogP contribution >= 0.6 is 0 Å². The molecule has 4 aliphatic rings. The van der Waals surface area contributed by atoms with Crippen LogP contribution in [0.5, 0.6) is 11.5 Å². The number of rotatable bonds is 3. The molecule has 24 heavy (non-hydrogen) atoms. The van der Waals surface area contributed by atoms with Crippen LogP contribution < -0.4 is 9.47 Å². The van der Waals surface area contributed by atoms with Crippen molar-refractivity contribution in [3.8, 4) is 11.5 Å². The SMILES string of the molecule is c1cc2c(cc1CN1C[C@H]3COC[C@H](N4CCCC4)[C@H]3C1)OCO2. The summed E-state index contributed by atoms with van der Waals surface area (Å²) in [6.07, 6.45) is 2.71. The zero-order valence-electron chi connectivity index (χ0n) is 14.2. The van der Waals surface area contributed by atoms with E-state index in [2.05, 4.69) is 21.9 Å². The number of nitrogens with zero attached hydrogens (tertiary/aromatic N) is 2. The van der Waals surface area contributed by atoms with E-state index in [9.17, 15) is 0 Å². The molecular weight excluding hydrogens is 304 g/mol. The Bertz CT molecular complexity index is 602. The number of hydrogen-bond acceptors (Lipinski definition) is 5. The first-order chi connectivity index (χ1) is 11.9. The Labute approximate surface area is 143 Å². The lowest BCUT2D eigenvalue weighted by Gasteiger charge is -2.38. The van der Waals surface area contributed by atoms with Crippen molar-refractivity contribution in [2.24, 2.45) is 11.8 Å². The molecule has 0 aromatic heterocycles. The van der Waals surface area contributed by atoms with Crippen LogP contribution in [0.1, 0.15) is 18.4 Å². The predicted molar refractivity (Wildman–Crippen MR) is 90.2 cm³/mol. The van der Waals surface area contributed by atoms with Gasteiger partial charge in [-0.1, -0.05) is 6.07 Å². The first kappa shape index (κ1) is 15.0. The summed E-state index contributed by atoms with van der Waals surface area (Å²) in [6.45, 7) is 8.09. The minimum absolute atomic E-state index is 0.349. The van der Waals surface area contributed by atoms with Gasteiger partial charge in [-0.15, -0.1) is 0 Å². The zero-order valence-corrected chi connectivity index (χ0v) is 14.2. The van der Waals surface area contributed by atoms with Crippen molar-refractivity contribution in [2.45, 2.75) is 25.4 Å². The second-order valence-electron chi connectivity index (χ2n) is 7.65. The third kappa shape index (κ3) is 2.68. The highest BCUT2D eigenvalue weighted by atomic mass is 16.7. The second kappa shape index (κ2) is 6.21. The largest absolute Gasteiger partial charge is 0.454 e. The summed E-state index contributed by atoms with van der Waals surface area (Å²) in [5, 5.41) is 0. The van der Waals surface area contributed by atoms with Crippen molar-refractivity contribution in [2.75, 3.05) is 46.2 Å². The minimum Gasteiger partial charge on any atom is -0.454 e. The fourth-order valence-electron chi connectivity index (χ4n) is 4.94. The molecule has 1 aromatic rings. The van der Waals surface area contributed by atoms with Crippen molar-refractivity contribution in [3.63, 3.8) is 0 Å². The molecule has 0 spiro atoms. The third-order valence-corrected chi connectivity index (χ3v) is 6.13. The fourth-order valence-corrected chi connectivity index (χ4v) is 4.94. The van der Waals surface area contributed by atoms with Gasteiger partial charge < -0.3 is 14.2 Å². The van der Waals surface area contributed by atoms with Gasteiger partial charge in [-0.3, -0.25) is 9.80 Å². The van der Waals surface area contributed by atoms with E-state index in [-0.39, 0.29) is 0 Å². The van der Waals surface area contributed by atoms with E-state index in [0.717, 1.165) is 43.7 Å². The fraction of sp³-hybridized carbons (Fsp3) is 0.684. The molecule has 4 aliphatic heterocycles. The summed E-state index contributed by atoms with van der Waals surface area (Å²) in [6, 6.07) is 6.98. The third-order valence-electron chi connectivity index (χ3n) is 6.13. The van der Waals surface area contributed by atoms with E-state index in [0.29, 0.717) is 18.8 Å². The lowest BCUT2D eigenvalue weighted by Crippen LogP contribution is -2.49. The average Bonchev–Trinajstić information content (AvgIpc) is 3.33. The Hall–Kier alpha value is -1.30. The van der Waals surface area contributed by atoms with Gasteiger partial charge in [0.2, 0.25) is 6.79 Å². The Morgan fingerprint density at radius 2 is 1.88 bits per heavy atom. The van der Waals surface area contributed by atoms with Gasteiger partial charge in [0.15, 0.2) is 11.5 Å². The molecule has 5 heteroatoms. The lowest BCUT2D eigenvalue weighted by atomic mass is 9.87. The van der Waals surface area contributed by atoms with Gasteiger partial charge in [-0.25, -0.2) is 0 Å². The molecule has 0 bridgehead atoms. The standard InChI is InChI=1S/C19H26N2O3/c1-2-6-21(5-1)17-12-22-11-15-9-20(10-16(15)17)8-14-3-4-18-19(7-14)24-13-23-18/h3-4,7,15-17H,1-2,5-6,8-13H2/t15-,16-,17-/m0/s1. The Balaban J connectivity index is 1.27. The van der Waals surface area contributed by atoms with E-state index in [1.165, 1.54) is 38.0 Å². The first-order valence-electron chi connectivity index (χ1n) is 9.29. The van der Waals surface area contributed by atoms with Gasteiger partial charge in [0.1, 0.15) is 0 Å². The van der Waals surface area contributed by atoms with Crippen LogP contribution in [0.25, 0.3) is 0 Å². The number of fused-ring (bicyclic) bond motifs is 2. The van der Waals surface area contributed by atoms with Crippen LogP contribution in [-0.2, 0) is 11.3 Å². The van der Waals surface area contributed by atoms with Crippen LogP contribution in [0, 0.1) is 11.8 Å². The Morgan fingerprint density at radius 1 is 1.00 bits per heavy atom. The quantitative estimate of drug-likeness (QED) is 0.846. The van der Waals surface area contributed by atoms with Crippen molar-refractivity contribution >= 4 is 0 Å². The second-order valence-corrected chi connectivity index (χ2v) is 7.65. The van der Waals surface area contributed by atoms with E-state index >= 15 is 0 Å². The monoisotopic (exact) mass is 330 g/mol. The topological polar surface area (TPSA) is 34.2 Å². The summed E-state index contributed by atoms with van der Waals surface area (Å²) >= 11 is 0. The van der Waals surface area contributed by atoms with Crippen LogP contribution in [0.15, 0.2) is 18.2 Å². The van der Waals surface area contributed by atoms with E-state index in [4.69, 9.17) is 14.2 Å². The molecule has 4 heterocycles. The number of hydrogen-bond donors (Lipinski definition) is 0. The molecule has 5 nitrogen and oxygen atoms in total. The van der Waals surface area contributed by atoms with Crippen LogP contribution in [0.4, 0.5) is 0 Å². The normalized spacial score (nSPS) is 33.1. The first-order valence-corrected chi connectivity index (χ1v) is 9.29. The highest BCUT2D eigenvalue weighted by Crippen LogP contribution is 2.36. The molecule has 0 aliphatic carbocycles. The molecule has 0 amide bonds. The summed E-state index contributed by atoms with van der Waals surface area (Å²) in [4.78, 5) is 5.28. The van der Waals surface area contributed by atoms with Gasteiger partial charge in [0.25, 0.3) is 0 Å². The van der Waals surface area contributed by atoms with Crippen molar-refractivity contribution < 1.29 is 14.2 Å². The molecule has 3 fully saturated rings. The molecule has 130 valence electrons. The van der Waals surface area contributed by atoms with Crippen LogP contribution in [0.3, 0.4) is 0 Å². The van der Waals surface area contributed by atoms with Crippen molar-refractivity contribution in [3.05, 3.63) is 23.8 Å². The molecule has 5 rings (SSSR count). The molecule has 3 saturated heterocycles. The molecule has 0 radical (unpaired) electrons. The lowest BCUT2D eigenvalue weighted by molar-refractivity contribution is -0.0308. The van der Waals surface area contributed by atoms with E-state index in [1.54, 1.807) is 0 Å². The van der Waals surface area contributed by atoms with Gasteiger partial charge in [0, 0.05) is 31.6 Å². The van der Waals surface area contributed by atoms with E-state index < -0.39 is 0 Å². The predicted octanol–water partition coefficient (Wildman–Crippen LogP) is 1.96. The summed E-state index contributed by atoms with van der Waals surface area (Å²) in [5.41, 5.74) is 1.32. The highest BCUT2D eigenvalue weighted by Gasteiger charge is 2.43. The molecule has 0 saturated carbocycles. The zero-order chi connectivity index (χ0) is 15.9. The maximum absolute atomic E-state index is 5.96. The smallest absolute Gasteiger partial charge is 0.231 e. The summed E-state index contributed by atoms with van der Waals surface area (Å²) in [7, 11) is 0. The number of ether oxygens (including phenoxy) is 3. The molecule has 0 N–H and O–H groups in total. The van der Waals surface area contributed by atoms with Crippen molar-refractivity contribution in [1.82, 2.24) is 9.80 Å². The molecule has 1 aromatic carbocycles. The number of benzene rings is 1. The highest BCUT2D eigenvalue weighted by molar-refractivity contribution is 5.44. The maximum atomic E-state index is 5.96. The Morgan fingerprint density at radius 3 is 2.79 bits per heavy atom.